The minimum atomic E-state index is 0.0844. The Morgan fingerprint density at radius 1 is 1.35 bits per heavy atom. The van der Waals surface area contributed by atoms with Crippen LogP contribution in [0.5, 0.6) is 0 Å². The van der Waals surface area contributed by atoms with E-state index in [1.54, 1.807) is 35.7 Å². The Bertz CT molecular complexity index is 644. The van der Waals surface area contributed by atoms with Crippen molar-refractivity contribution in [2.45, 2.75) is 32.4 Å². The molecule has 1 amide bonds. The van der Waals surface area contributed by atoms with Gasteiger partial charge in [0.05, 0.1) is 37.0 Å². The van der Waals surface area contributed by atoms with Gasteiger partial charge in [-0.05, 0) is 19.8 Å². The summed E-state index contributed by atoms with van der Waals surface area (Å²) < 4.78 is 7.36. The SMILES string of the molecule is Cc1nccnc1CC[C@H]1COCCN1C(=O)Cn1ccnc1. The summed E-state index contributed by atoms with van der Waals surface area (Å²) in [4.78, 5) is 27.1. The van der Waals surface area contributed by atoms with Gasteiger partial charge in [0.15, 0.2) is 0 Å². The van der Waals surface area contributed by atoms with E-state index < -0.39 is 0 Å². The van der Waals surface area contributed by atoms with Gasteiger partial charge < -0.3 is 14.2 Å². The molecule has 0 aromatic carbocycles. The van der Waals surface area contributed by atoms with E-state index in [1.807, 2.05) is 11.8 Å². The van der Waals surface area contributed by atoms with E-state index in [0.29, 0.717) is 26.3 Å². The lowest BCUT2D eigenvalue weighted by atomic mass is 10.1. The zero-order chi connectivity index (χ0) is 16.1. The lowest BCUT2D eigenvalue weighted by Gasteiger charge is -2.35. The number of hydrogen-bond donors (Lipinski definition) is 0. The van der Waals surface area contributed by atoms with Crippen molar-refractivity contribution in [1.29, 1.82) is 0 Å². The highest BCUT2D eigenvalue weighted by atomic mass is 16.5. The highest BCUT2D eigenvalue weighted by molar-refractivity contribution is 5.76. The zero-order valence-electron chi connectivity index (χ0n) is 13.3. The van der Waals surface area contributed by atoms with E-state index in [0.717, 1.165) is 24.2 Å². The Morgan fingerprint density at radius 3 is 3.00 bits per heavy atom. The molecule has 0 unspecified atom stereocenters. The Kier molecular flexibility index (Phi) is 4.97. The van der Waals surface area contributed by atoms with Crippen LogP contribution in [0.25, 0.3) is 0 Å². The lowest BCUT2D eigenvalue weighted by Crippen LogP contribution is -2.49. The summed E-state index contributed by atoms with van der Waals surface area (Å²) in [5.41, 5.74) is 1.93. The second kappa shape index (κ2) is 7.32. The smallest absolute Gasteiger partial charge is 0.242 e. The van der Waals surface area contributed by atoms with Crippen molar-refractivity contribution in [2.75, 3.05) is 19.8 Å². The zero-order valence-corrected chi connectivity index (χ0v) is 13.3. The molecule has 0 spiro atoms. The molecule has 1 aliphatic heterocycles. The first-order valence-electron chi connectivity index (χ1n) is 7.83. The van der Waals surface area contributed by atoms with Crippen LogP contribution in [0.2, 0.25) is 0 Å². The molecule has 1 atom stereocenters. The van der Waals surface area contributed by atoms with Crippen LogP contribution in [-0.4, -0.2) is 56.1 Å². The Balaban J connectivity index is 1.62. The van der Waals surface area contributed by atoms with Gasteiger partial charge in [0.25, 0.3) is 0 Å². The molecule has 7 nitrogen and oxygen atoms in total. The third-order valence-electron chi connectivity index (χ3n) is 4.12. The molecule has 122 valence electrons. The first kappa shape index (κ1) is 15.6. The molecule has 1 aliphatic rings. The van der Waals surface area contributed by atoms with Crippen molar-refractivity contribution in [3.05, 3.63) is 42.5 Å². The summed E-state index contributed by atoms with van der Waals surface area (Å²) in [5, 5.41) is 0. The number of imidazole rings is 1. The molecule has 23 heavy (non-hydrogen) atoms. The number of carbonyl (C=O) groups excluding carboxylic acids is 1. The van der Waals surface area contributed by atoms with Gasteiger partial charge in [0, 0.05) is 31.3 Å². The second-order valence-corrected chi connectivity index (χ2v) is 5.68. The van der Waals surface area contributed by atoms with Crippen LogP contribution in [0.3, 0.4) is 0 Å². The highest BCUT2D eigenvalue weighted by Crippen LogP contribution is 2.15. The van der Waals surface area contributed by atoms with Crippen molar-refractivity contribution in [2.24, 2.45) is 0 Å². The summed E-state index contributed by atoms with van der Waals surface area (Å²) in [6.07, 6.45) is 10.2. The molecule has 2 aromatic rings. The Hall–Kier alpha value is -2.28. The average Bonchev–Trinajstić information content (AvgIpc) is 3.07. The maximum absolute atomic E-state index is 12.5. The van der Waals surface area contributed by atoms with Crippen LogP contribution < -0.4 is 0 Å². The van der Waals surface area contributed by atoms with Gasteiger partial charge in [0.1, 0.15) is 6.54 Å². The molecule has 0 aliphatic carbocycles. The minimum Gasteiger partial charge on any atom is -0.377 e. The maximum Gasteiger partial charge on any atom is 0.242 e. The molecular formula is C16H21N5O2. The second-order valence-electron chi connectivity index (χ2n) is 5.68. The number of hydrogen-bond acceptors (Lipinski definition) is 5. The fraction of sp³-hybridized carbons (Fsp3) is 0.500. The Labute approximate surface area is 135 Å². The van der Waals surface area contributed by atoms with Crippen molar-refractivity contribution in [3.8, 4) is 0 Å². The van der Waals surface area contributed by atoms with E-state index in [1.165, 1.54) is 0 Å². The average molecular weight is 315 g/mol. The van der Waals surface area contributed by atoms with Crippen LogP contribution in [-0.2, 0) is 22.5 Å². The minimum absolute atomic E-state index is 0.0844. The predicted octanol–water partition coefficient (Wildman–Crippen LogP) is 0.842. The molecule has 3 heterocycles. The normalized spacial score (nSPS) is 18.1. The van der Waals surface area contributed by atoms with Gasteiger partial charge in [-0.2, -0.15) is 0 Å². The van der Waals surface area contributed by atoms with E-state index in [2.05, 4.69) is 15.0 Å². The topological polar surface area (TPSA) is 73.1 Å². The van der Waals surface area contributed by atoms with Gasteiger partial charge in [-0.25, -0.2) is 4.98 Å². The van der Waals surface area contributed by atoms with Crippen LogP contribution in [0.4, 0.5) is 0 Å². The molecular weight excluding hydrogens is 294 g/mol. The monoisotopic (exact) mass is 315 g/mol. The van der Waals surface area contributed by atoms with Crippen LogP contribution >= 0.6 is 0 Å². The van der Waals surface area contributed by atoms with E-state index >= 15 is 0 Å². The van der Waals surface area contributed by atoms with Crippen molar-refractivity contribution < 1.29 is 9.53 Å². The number of aromatic nitrogens is 4. The van der Waals surface area contributed by atoms with Crippen molar-refractivity contribution in [1.82, 2.24) is 24.4 Å². The van der Waals surface area contributed by atoms with Crippen LogP contribution in [0.15, 0.2) is 31.1 Å². The lowest BCUT2D eigenvalue weighted by molar-refractivity contribution is -0.140. The summed E-state index contributed by atoms with van der Waals surface area (Å²) in [7, 11) is 0. The number of ether oxygens (including phenoxy) is 1. The quantitative estimate of drug-likeness (QED) is 0.817. The van der Waals surface area contributed by atoms with E-state index in [4.69, 9.17) is 4.74 Å². The molecule has 1 saturated heterocycles. The summed E-state index contributed by atoms with van der Waals surface area (Å²) in [6, 6.07) is 0.0844. The predicted molar refractivity (Wildman–Crippen MR) is 83.6 cm³/mol. The molecule has 0 N–H and O–H groups in total. The fourth-order valence-corrected chi connectivity index (χ4v) is 2.83. The van der Waals surface area contributed by atoms with Crippen molar-refractivity contribution >= 4 is 5.91 Å². The number of nitrogens with zero attached hydrogens (tertiary/aromatic N) is 5. The van der Waals surface area contributed by atoms with E-state index in [-0.39, 0.29) is 11.9 Å². The van der Waals surface area contributed by atoms with Crippen molar-refractivity contribution in [3.63, 3.8) is 0 Å². The highest BCUT2D eigenvalue weighted by Gasteiger charge is 2.27. The third kappa shape index (κ3) is 3.92. The third-order valence-corrected chi connectivity index (χ3v) is 4.12. The van der Waals surface area contributed by atoms with Gasteiger partial charge in [-0.3, -0.25) is 14.8 Å². The molecule has 0 bridgehead atoms. The fourth-order valence-electron chi connectivity index (χ4n) is 2.83. The molecule has 1 fully saturated rings. The number of amides is 1. The molecule has 3 rings (SSSR count). The molecule has 2 aromatic heterocycles. The summed E-state index contributed by atoms with van der Waals surface area (Å²) in [5.74, 6) is 0.104. The van der Waals surface area contributed by atoms with Crippen LogP contribution in [0.1, 0.15) is 17.8 Å². The largest absolute Gasteiger partial charge is 0.377 e. The van der Waals surface area contributed by atoms with Gasteiger partial charge >= 0.3 is 0 Å². The standard InChI is InChI=1S/C16H21N5O2/c1-13-15(19-5-4-18-13)3-2-14-11-23-9-8-21(14)16(22)10-20-7-6-17-12-20/h4-7,12,14H,2-3,8-11H2,1H3/t14-/m0/s1. The van der Waals surface area contributed by atoms with Gasteiger partial charge in [-0.1, -0.05) is 0 Å². The van der Waals surface area contributed by atoms with Gasteiger partial charge in [0.2, 0.25) is 5.91 Å². The first-order chi connectivity index (χ1) is 11.2. The Morgan fingerprint density at radius 2 is 2.22 bits per heavy atom. The number of rotatable bonds is 5. The van der Waals surface area contributed by atoms with Gasteiger partial charge in [-0.15, -0.1) is 0 Å². The van der Waals surface area contributed by atoms with Crippen LogP contribution in [0, 0.1) is 6.92 Å². The molecule has 0 saturated carbocycles. The summed E-state index contributed by atoms with van der Waals surface area (Å²) >= 11 is 0. The summed E-state index contributed by atoms with van der Waals surface area (Å²) in [6.45, 7) is 4.09. The number of morpholine rings is 1. The molecule has 0 radical (unpaired) electrons. The first-order valence-corrected chi connectivity index (χ1v) is 7.83. The number of carbonyl (C=O) groups is 1. The maximum atomic E-state index is 12.5. The molecule has 7 heteroatoms. The van der Waals surface area contributed by atoms with E-state index in [9.17, 15) is 4.79 Å². The number of aryl methyl sites for hydroxylation is 2.